The molecule has 1 heterocycles. The molecule has 0 bridgehead atoms. The molecule has 0 unspecified atom stereocenters. The van der Waals surface area contributed by atoms with Crippen LogP contribution in [0.25, 0.3) is 0 Å². The molecule has 1 rings (SSSR count). The number of nitrogens with zero attached hydrogens (tertiary/aromatic N) is 2. The summed E-state index contributed by atoms with van der Waals surface area (Å²) in [5.74, 6) is -2.56. The lowest BCUT2D eigenvalue weighted by molar-refractivity contribution is -0.168. The molecule has 0 aromatic carbocycles. The van der Waals surface area contributed by atoms with Crippen LogP contribution in [0.15, 0.2) is 12.3 Å². The molecule has 0 spiro atoms. The molecule has 0 aliphatic heterocycles. The van der Waals surface area contributed by atoms with Crippen LogP contribution >= 0.6 is 0 Å². The van der Waals surface area contributed by atoms with Gasteiger partial charge >= 0.3 is 11.9 Å². The molecule has 0 saturated heterocycles. The Kier molecular flexibility index (Phi) is 5.90. The van der Waals surface area contributed by atoms with E-state index in [4.69, 9.17) is 9.47 Å². The summed E-state index contributed by atoms with van der Waals surface area (Å²) >= 11 is 0. The minimum atomic E-state index is -2.08. The van der Waals surface area contributed by atoms with Crippen molar-refractivity contribution in [2.24, 2.45) is 0 Å². The zero-order valence-electron chi connectivity index (χ0n) is 12.7. The van der Waals surface area contributed by atoms with E-state index in [1.54, 1.807) is 13.8 Å². The predicted octanol–water partition coefficient (Wildman–Crippen LogP) is -0.336. The standard InChI is InChI=1S/C13H19N3O6/c1-4-21-11(18)13(15-9(3)17,12(19)22-5-2)8-10-6-7-14-16(10)20/h6-7,20H,4-5,8H2,1-3H3,(H,15,17). The first kappa shape index (κ1) is 17.5. The van der Waals surface area contributed by atoms with E-state index < -0.39 is 23.4 Å². The molecule has 0 saturated carbocycles. The summed E-state index contributed by atoms with van der Waals surface area (Å²) in [4.78, 5) is 36.6. The minimum absolute atomic E-state index is 0.0119. The number of rotatable bonds is 7. The zero-order valence-corrected chi connectivity index (χ0v) is 12.7. The number of esters is 2. The van der Waals surface area contributed by atoms with Crippen molar-refractivity contribution >= 4 is 17.8 Å². The van der Waals surface area contributed by atoms with Gasteiger partial charge in [-0.25, -0.2) is 9.59 Å². The van der Waals surface area contributed by atoms with Crippen molar-refractivity contribution in [3.05, 3.63) is 18.0 Å². The van der Waals surface area contributed by atoms with Gasteiger partial charge in [0, 0.05) is 13.3 Å². The number of carbonyl (C=O) groups excluding carboxylic acids is 3. The summed E-state index contributed by atoms with van der Waals surface area (Å²) < 4.78 is 9.80. The maximum atomic E-state index is 12.3. The average molecular weight is 313 g/mol. The molecule has 122 valence electrons. The molecule has 1 aromatic rings. The summed E-state index contributed by atoms with van der Waals surface area (Å²) in [5, 5.41) is 15.4. The fourth-order valence-corrected chi connectivity index (χ4v) is 1.91. The maximum absolute atomic E-state index is 12.3. The van der Waals surface area contributed by atoms with Crippen LogP contribution in [0.1, 0.15) is 26.5 Å². The van der Waals surface area contributed by atoms with E-state index in [1.165, 1.54) is 12.3 Å². The maximum Gasteiger partial charge on any atom is 0.344 e. The highest BCUT2D eigenvalue weighted by molar-refractivity contribution is 6.08. The van der Waals surface area contributed by atoms with E-state index in [-0.39, 0.29) is 25.3 Å². The smallest absolute Gasteiger partial charge is 0.344 e. The van der Waals surface area contributed by atoms with Crippen LogP contribution in [-0.4, -0.2) is 51.7 Å². The Labute approximate surface area is 127 Å². The molecule has 1 aromatic heterocycles. The minimum Gasteiger partial charge on any atom is -0.464 e. The highest BCUT2D eigenvalue weighted by Gasteiger charge is 2.50. The Morgan fingerprint density at radius 1 is 1.27 bits per heavy atom. The van der Waals surface area contributed by atoms with Gasteiger partial charge < -0.3 is 20.0 Å². The first-order chi connectivity index (χ1) is 10.4. The van der Waals surface area contributed by atoms with Gasteiger partial charge in [0.1, 0.15) is 0 Å². The molecular weight excluding hydrogens is 294 g/mol. The monoisotopic (exact) mass is 313 g/mol. The number of nitrogens with one attached hydrogen (secondary N) is 1. The van der Waals surface area contributed by atoms with Crippen molar-refractivity contribution in [3.63, 3.8) is 0 Å². The molecule has 0 aliphatic carbocycles. The fourth-order valence-electron chi connectivity index (χ4n) is 1.91. The number of hydrogen-bond acceptors (Lipinski definition) is 7. The quantitative estimate of drug-likeness (QED) is 0.401. The molecule has 2 N–H and O–H groups in total. The van der Waals surface area contributed by atoms with Crippen LogP contribution in [-0.2, 0) is 30.3 Å². The van der Waals surface area contributed by atoms with Crippen LogP contribution in [0.2, 0.25) is 0 Å². The van der Waals surface area contributed by atoms with Gasteiger partial charge in [0.05, 0.1) is 25.1 Å². The van der Waals surface area contributed by atoms with Gasteiger partial charge in [0.15, 0.2) is 0 Å². The summed E-state index contributed by atoms with van der Waals surface area (Å²) in [6, 6.07) is 1.40. The third-order valence-corrected chi connectivity index (χ3v) is 2.78. The SMILES string of the molecule is CCOC(=O)C(Cc1ccnn1O)(NC(C)=O)C(=O)OCC. The van der Waals surface area contributed by atoms with Crippen LogP contribution in [0.4, 0.5) is 0 Å². The average Bonchev–Trinajstić information content (AvgIpc) is 2.83. The van der Waals surface area contributed by atoms with Crippen molar-refractivity contribution in [1.29, 1.82) is 0 Å². The van der Waals surface area contributed by atoms with Crippen molar-refractivity contribution in [2.45, 2.75) is 32.7 Å². The van der Waals surface area contributed by atoms with Crippen LogP contribution in [0.5, 0.6) is 0 Å². The number of hydrogen-bond donors (Lipinski definition) is 2. The Hall–Kier alpha value is -2.58. The third kappa shape index (κ3) is 3.74. The van der Waals surface area contributed by atoms with Crippen LogP contribution in [0, 0.1) is 0 Å². The van der Waals surface area contributed by atoms with Crippen LogP contribution in [0.3, 0.4) is 0 Å². The summed E-state index contributed by atoms with van der Waals surface area (Å²) in [6.45, 7) is 4.31. The van der Waals surface area contributed by atoms with Gasteiger partial charge in [-0.1, -0.05) is 0 Å². The lowest BCUT2D eigenvalue weighted by atomic mass is 9.93. The second-order valence-electron chi connectivity index (χ2n) is 4.42. The van der Waals surface area contributed by atoms with Crippen LogP contribution < -0.4 is 5.32 Å². The van der Waals surface area contributed by atoms with Gasteiger partial charge in [0.25, 0.3) is 0 Å². The molecule has 1 amide bonds. The largest absolute Gasteiger partial charge is 0.464 e. The van der Waals surface area contributed by atoms with Gasteiger partial charge in [-0.2, -0.15) is 0 Å². The topological polar surface area (TPSA) is 120 Å². The van der Waals surface area contributed by atoms with Crippen molar-refractivity contribution in [2.75, 3.05) is 13.2 Å². The van der Waals surface area contributed by atoms with E-state index in [9.17, 15) is 19.6 Å². The first-order valence-electron chi connectivity index (χ1n) is 6.72. The molecular formula is C13H19N3O6. The number of amides is 1. The summed E-state index contributed by atoms with van der Waals surface area (Å²) in [7, 11) is 0. The van der Waals surface area contributed by atoms with Gasteiger partial charge in [-0.3, -0.25) is 4.79 Å². The number of ether oxygens (including phenoxy) is 2. The zero-order chi connectivity index (χ0) is 16.8. The molecule has 22 heavy (non-hydrogen) atoms. The van der Waals surface area contributed by atoms with E-state index >= 15 is 0 Å². The van der Waals surface area contributed by atoms with Crippen molar-refractivity contribution < 1.29 is 29.1 Å². The first-order valence-corrected chi connectivity index (χ1v) is 6.72. The summed E-state index contributed by atoms with van der Waals surface area (Å²) in [5.41, 5.74) is -1.95. The third-order valence-electron chi connectivity index (χ3n) is 2.78. The second-order valence-corrected chi connectivity index (χ2v) is 4.42. The predicted molar refractivity (Wildman–Crippen MR) is 72.9 cm³/mol. The van der Waals surface area contributed by atoms with E-state index in [0.29, 0.717) is 4.85 Å². The Balaban J connectivity index is 3.29. The Bertz CT molecular complexity index is 536. The van der Waals surface area contributed by atoms with E-state index in [0.717, 1.165) is 6.92 Å². The van der Waals surface area contributed by atoms with Gasteiger partial charge in [-0.05, 0) is 19.9 Å². The molecule has 0 atom stereocenters. The lowest BCUT2D eigenvalue weighted by Gasteiger charge is -2.29. The van der Waals surface area contributed by atoms with E-state index in [1.807, 2.05) is 0 Å². The number of aromatic nitrogens is 2. The van der Waals surface area contributed by atoms with E-state index in [2.05, 4.69) is 10.4 Å². The Morgan fingerprint density at radius 2 is 1.82 bits per heavy atom. The lowest BCUT2D eigenvalue weighted by Crippen LogP contribution is -2.62. The summed E-state index contributed by atoms with van der Waals surface area (Å²) in [6.07, 6.45) is 0.922. The molecule has 9 nitrogen and oxygen atoms in total. The molecule has 0 radical (unpaired) electrons. The van der Waals surface area contributed by atoms with Gasteiger partial charge in [0.2, 0.25) is 11.4 Å². The normalized spacial score (nSPS) is 10.9. The van der Waals surface area contributed by atoms with Crippen molar-refractivity contribution in [1.82, 2.24) is 15.3 Å². The number of carbonyl (C=O) groups is 3. The van der Waals surface area contributed by atoms with Crippen molar-refractivity contribution in [3.8, 4) is 0 Å². The second kappa shape index (κ2) is 7.43. The molecule has 9 heteroatoms. The molecule has 0 fully saturated rings. The fraction of sp³-hybridized carbons (Fsp3) is 0.538. The highest BCUT2D eigenvalue weighted by Crippen LogP contribution is 2.18. The highest BCUT2D eigenvalue weighted by atomic mass is 16.6. The molecule has 0 aliphatic rings. The van der Waals surface area contributed by atoms with Gasteiger partial charge in [-0.15, -0.1) is 9.94 Å². The Morgan fingerprint density at radius 3 is 2.18 bits per heavy atom.